The van der Waals surface area contributed by atoms with Crippen LogP contribution in [0.15, 0.2) is 12.1 Å². The van der Waals surface area contributed by atoms with Crippen LogP contribution in [0.5, 0.6) is 5.75 Å². The number of rotatable bonds is 3. The van der Waals surface area contributed by atoms with E-state index in [9.17, 15) is 9.90 Å². The molecule has 2 atom stereocenters. The lowest BCUT2D eigenvalue weighted by Gasteiger charge is -2.28. The summed E-state index contributed by atoms with van der Waals surface area (Å²) in [5, 5.41) is 10.1. The van der Waals surface area contributed by atoms with E-state index in [0.717, 1.165) is 12.8 Å². The molecular formula is C14H15Cl2NO4. The molecular weight excluding hydrogens is 317 g/mol. The van der Waals surface area contributed by atoms with Crippen LogP contribution in [0.4, 0.5) is 4.79 Å². The Morgan fingerprint density at radius 2 is 2.24 bits per heavy atom. The highest BCUT2D eigenvalue weighted by Crippen LogP contribution is 2.51. The molecule has 2 aliphatic heterocycles. The Hall–Kier alpha value is -1.17. The van der Waals surface area contributed by atoms with Crippen molar-refractivity contribution in [3.8, 4) is 5.75 Å². The standard InChI is InChI=1S/C14H15Cl2NO4/c1-20-8-5-9(12(16)10(15)6-8)14(7-21-14)11-3-2-4-17(11)13(18)19/h5-6,11H,2-4,7H2,1H3,(H,18,19). The summed E-state index contributed by atoms with van der Waals surface area (Å²) in [6.07, 6.45) is 0.631. The van der Waals surface area contributed by atoms with Crippen LogP contribution >= 0.6 is 23.2 Å². The molecule has 0 radical (unpaired) electrons. The second kappa shape index (κ2) is 5.23. The molecule has 2 heterocycles. The largest absolute Gasteiger partial charge is 0.497 e. The maximum absolute atomic E-state index is 11.4. The van der Waals surface area contributed by atoms with Crippen molar-refractivity contribution < 1.29 is 19.4 Å². The molecule has 0 aromatic heterocycles. The van der Waals surface area contributed by atoms with Crippen molar-refractivity contribution in [3.05, 3.63) is 27.7 Å². The normalized spacial score (nSPS) is 27.8. The Labute approximate surface area is 132 Å². The molecule has 7 heteroatoms. The van der Waals surface area contributed by atoms with Crippen LogP contribution in [0, 0.1) is 0 Å². The summed E-state index contributed by atoms with van der Waals surface area (Å²) < 4.78 is 10.9. The van der Waals surface area contributed by atoms with Gasteiger partial charge in [0.25, 0.3) is 0 Å². The predicted molar refractivity (Wildman–Crippen MR) is 78.4 cm³/mol. The first-order valence-corrected chi connectivity index (χ1v) is 7.42. The minimum Gasteiger partial charge on any atom is -0.497 e. The number of ether oxygens (including phenoxy) is 2. The lowest BCUT2D eigenvalue weighted by molar-refractivity contribution is 0.109. The fourth-order valence-electron chi connectivity index (χ4n) is 3.08. The zero-order chi connectivity index (χ0) is 15.2. The van der Waals surface area contributed by atoms with Crippen molar-refractivity contribution in [1.82, 2.24) is 4.90 Å². The van der Waals surface area contributed by atoms with Crippen LogP contribution in [0.1, 0.15) is 18.4 Å². The van der Waals surface area contributed by atoms with E-state index < -0.39 is 11.7 Å². The van der Waals surface area contributed by atoms with Gasteiger partial charge in [-0.15, -0.1) is 0 Å². The summed E-state index contributed by atoms with van der Waals surface area (Å²) in [7, 11) is 1.54. The highest BCUT2D eigenvalue weighted by Gasteiger charge is 2.58. The van der Waals surface area contributed by atoms with E-state index in [0.29, 0.717) is 34.5 Å². The monoisotopic (exact) mass is 331 g/mol. The Kier molecular flexibility index (Phi) is 3.67. The molecule has 0 bridgehead atoms. The first-order chi connectivity index (χ1) is 9.99. The number of amides is 1. The van der Waals surface area contributed by atoms with Crippen LogP contribution in [0.25, 0.3) is 0 Å². The van der Waals surface area contributed by atoms with Gasteiger partial charge in [0.15, 0.2) is 0 Å². The smallest absolute Gasteiger partial charge is 0.407 e. The quantitative estimate of drug-likeness (QED) is 0.862. The molecule has 2 aliphatic rings. The molecule has 1 aromatic rings. The molecule has 1 N–H and O–H groups in total. The lowest BCUT2D eigenvalue weighted by atomic mass is 9.90. The lowest BCUT2D eigenvalue weighted by Crippen LogP contribution is -2.43. The van der Waals surface area contributed by atoms with Gasteiger partial charge in [0.05, 0.1) is 29.8 Å². The summed E-state index contributed by atoms with van der Waals surface area (Å²) in [6.45, 7) is 0.949. The number of halogens is 2. The van der Waals surface area contributed by atoms with Gasteiger partial charge in [-0.05, 0) is 18.9 Å². The number of hydrogen-bond acceptors (Lipinski definition) is 3. The Morgan fingerprint density at radius 1 is 1.52 bits per heavy atom. The number of methoxy groups -OCH3 is 1. The molecule has 0 aliphatic carbocycles. The zero-order valence-electron chi connectivity index (χ0n) is 11.4. The van der Waals surface area contributed by atoms with Crippen LogP contribution in [0.3, 0.4) is 0 Å². The van der Waals surface area contributed by atoms with Crippen molar-refractivity contribution in [2.75, 3.05) is 20.3 Å². The second-order valence-corrected chi connectivity index (χ2v) is 6.07. The molecule has 2 saturated heterocycles. The van der Waals surface area contributed by atoms with Crippen LogP contribution < -0.4 is 4.74 Å². The minimum absolute atomic E-state index is 0.240. The van der Waals surface area contributed by atoms with Gasteiger partial charge in [-0.1, -0.05) is 23.2 Å². The van der Waals surface area contributed by atoms with Crippen molar-refractivity contribution in [2.45, 2.75) is 24.5 Å². The van der Waals surface area contributed by atoms with E-state index in [1.165, 1.54) is 4.90 Å². The number of benzene rings is 1. The van der Waals surface area contributed by atoms with Gasteiger partial charge in [0, 0.05) is 18.2 Å². The molecule has 1 amide bonds. The number of carboxylic acid groups (broad SMARTS) is 1. The highest BCUT2D eigenvalue weighted by atomic mass is 35.5. The molecule has 0 spiro atoms. The summed E-state index contributed by atoms with van der Waals surface area (Å²) in [5.41, 5.74) is -0.00360. The van der Waals surface area contributed by atoms with Gasteiger partial charge in [0.2, 0.25) is 0 Å². The van der Waals surface area contributed by atoms with E-state index >= 15 is 0 Å². The average Bonchev–Trinajstić information content (AvgIpc) is 3.09. The molecule has 1 aromatic carbocycles. The molecule has 3 rings (SSSR count). The summed E-state index contributed by atoms with van der Waals surface area (Å²) in [4.78, 5) is 12.8. The van der Waals surface area contributed by atoms with E-state index in [2.05, 4.69) is 0 Å². The van der Waals surface area contributed by atoms with Crippen LogP contribution in [-0.2, 0) is 10.3 Å². The summed E-state index contributed by atoms with van der Waals surface area (Å²) in [5.74, 6) is 0.578. The molecule has 21 heavy (non-hydrogen) atoms. The van der Waals surface area contributed by atoms with Crippen molar-refractivity contribution in [3.63, 3.8) is 0 Å². The molecule has 114 valence electrons. The van der Waals surface area contributed by atoms with Gasteiger partial charge in [-0.3, -0.25) is 0 Å². The highest BCUT2D eigenvalue weighted by molar-refractivity contribution is 6.42. The van der Waals surface area contributed by atoms with Crippen molar-refractivity contribution >= 4 is 29.3 Å². The predicted octanol–water partition coefficient (Wildman–Crippen LogP) is 3.37. The van der Waals surface area contributed by atoms with Crippen molar-refractivity contribution in [1.29, 1.82) is 0 Å². The van der Waals surface area contributed by atoms with Gasteiger partial charge in [-0.25, -0.2) is 4.79 Å². The van der Waals surface area contributed by atoms with Gasteiger partial charge < -0.3 is 19.5 Å². The fraction of sp³-hybridized carbons (Fsp3) is 0.500. The summed E-state index contributed by atoms with van der Waals surface area (Å²) >= 11 is 12.5. The minimum atomic E-state index is -0.933. The Morgan fingerprint density at radius 3 is 2.81 bits per heavy atom. The van der Waals surface area contributed by atoms with Crippen molar-refractivity contribution in [2.24, 2.45) is 0 Å². The zero-order valence-corrected chi connectivity index (χ0v) is 12.9. The van der Waals surface area contributed by atoms with Crippen LogP contribution in [-0.4, -0.2) is 42.4 Å². The van der Waals surface area contributed by atoms with Gasteiger partial charge >= 0.3 is 6.09 Å². The number of likely N-dealkylation sites (tertiary alicyclic amines) is 1. The van der Waals surface area contributed by atoms with E-state index in [-0.39, 0.29) is 6.04 Å². The Balaban J connectivity index is 2.03. The molecule has 2 unspecified atom stereocenters. The third kappa shape index (κ3) is 2.33. The number of nitrogens with zero attached hydrogens (tertiary/aromatic N) is 1. The first-order valence-electron chi connectivity index (χ1n) is 6.66. The molecule has 5 nitrogen and oxygen atoms in total. The first kappa shape index (κ1) is 14.8. The van der Waals surface area contributed by atoms with E-state index in [4.69, 9.17) is 32.7 Å². The third-order valence-corrected chi connectivity index (χ3v) is 4.99. The molecule has 2 fully saturated rings. The van der Waals surface area contributed by atoms with E-state index in [1.807, 2.05) is 0 Å². The third-order valence-electron chi connectivity index (χ3n) is 4.19. The average molecular weight is 332 g/mol. The van der Waals surface area contributed by atoms with E-state index in [1.54, 1.807) is 19.2 Å². The summed E-state index contributed by atoms with van der Waals surface area (Å²) in [6, 6.07) is 3.17. The topological polar surface area (TPSA) is 62.3 Å². The van der Waals surface area contributed by atoms with Gasteiger partial charge in [0.1, 0.15) is 11.4 Å². The SMILES string of the molecule is COc1cc(Cl)c(Cl)c(C2(C3CCCN3C(=O)O)CO2)c1. The Bertz CT molecular complexity index is 589. The van der Waals surface area contributed by atoms with Crippen LogP contribution in [0.2, 0.25) is 10.0 Å². The second-order valence-electron chi connectivity index (χ2n) is 5.28. The molecule has 0 saturated carbocycles. The number of epoxide rings is 1. The maximum atomic E-state index is 11.4. The fourth-order valence-corrected chi connectivity index (χ4v) is 3.55. The number of hydrogen-bond donors (Lipinski definition) is 1. The van der Waals surface area contributed by atoms with Gasteiger partial charge in [-0.2, -0.15) is 0 Å². The number of carbonyl (C=O) groups is 1. The maximum Gasteiger partial charge on any atom is 0.407 e.